The van der Waals surface area contributed by atoms with Crippen molar-refractivity contribution in [3.8, 4) is 0 Å². The molecule has 0 bridgehead atoms. The molecule has 1 aliphatic rings. The minimum absolute atomic E-state index is 0.135. The number of rotatable bonds is 35. The van der Waals surface area contributed by atoms with Crippen molar-refractivity contribution in [1.29, 1.82) is 0 Å². The van der Waals surface area contributed by atoms with E-state index in [4.69, 9.17) is 18.9 Å². The average molecular weight is 827 g/mol. The standard InChI is InChI=1S/C49H78O10/c1-3-5-7-9-11-13-15-17-19-21-23-25-27-29-31-33-35-37-44(51)56-40-42(41-57-49-48(55)47(54)46(53)43(39-50)59-49)58-45(52)38-36-34-32-30-28-26-24-22-20-18-16-14-12-10-8-6-4-2/h6,8,12,14,17-20,23-26,29-32,42-43,46-50,53-55H,3-5,7,9-11,13,15-16,21-22,27-28,33-41H2,1-2H3/b8-6+,14-12+,19-17+,20-18+,25-23+,26-24+,31-29+,32-30+/t42-,43-,46+,47?,48?,49-/m0/s1. The molecule has 0 radical (unpaired) electrons. The molecule has 1 aliphatic heterocycles. The van der Waals surface area contributed by atoms with Crippen LogP contribution in [0.5, 0.6) is 0 Å². The van der Waals surface area contributed by atoms with Gasteiger partial charge in [0.1, 0.15) is 31.0 Å². The van der Waals surface area contributed by atoms with Gasteiger partial charge in [-0.1, -0.05) is 143 Å². The second-order valence-electron chi connectivity index (χ2n) is 14.8. The van der Waals surface area contributed by atoms with Crippen molar-refractivity contribution in [2.24, 2.45) is 0 Å². The molecular formula is C49H78O10. The molecule has 1 heterocycles. The van der Waals surface area contributed by atoms with Crippen LogP contribution in [0.4, 0.5) is 0 Å². The summed E-state index contributed by atoms with van der Waals surface area (Å²) < 4.78 is 22.0. The van der Waals surface area contributed by atoms with E-state index in [-0.39, 0.29) is 26.1 Å². The summed E-state index contributed by atoms with van der Waals surface area (Å²) in [5, 5.41) is 40.1. The molecule has 334 valence electrons. The van der Waals surface area contributed by atoms with Crippen LogP contribution in [0.15, 0.2) is 97.2 Å². The maximum absolute atomic E-state index is 12.7. The molecule has 0 aromatic heterocycles. The predicted molar refractivity (Wildman–Crippen MR) is 237 cm³/mol. The maximum Gasteiger partial charge on any atom is 0.306 e. The molecule has 2 unspecified atom stereocenters. The Morgan fingerprint density at radius 2 is 1.00 bits per heavy atom. The first-order valence-electron chi connectivity index (χ1n) is 22.3. The van der Waals surface area contributed by atoms with E-state index in [1.54, 1.807) is 0 Å². The number of ether oxygens (including phenoxy) is 4. The lowest BCUT2D eigenvalue weighted by Crippen LogP contribution is -2.59. The van der Waals surface area contributed by atoms with Crippen molar-refractivity contribution in [2.75, 3.05) is 19.8 Å². The van der Waals surface area contributed by atoms with Crippen LogP contribution in [0.25, 0.3) is 0 Å². The Kier molecular flexibility index (Phi) is 35.3. The van der Waals surface area contributed by atoms with Gasteiger partial charge in [0.15, 0.2) is 12.4 Å². The third kappa shape index (κ3) is 30.3. The monoisotopic (exact) mass is 827 g/mol. The summed E-state index contributed by atoms with van der Waals surface area (Å²) >= 11 is 0. The molecule has 0 amide bonds. The van der Waals surface area contributed by atoms with Crippen molar-refractivity contribution in [1.82, 2.24) is 0 Å². The Morgan fingerprint density at radius 3 is 1.51 bits per heavy atom. The second-order valence-corrected chi connectivity index (χ2v) is 14.8. The van der Waals surface area contributed by atoms with Crippen LogP contribution >= 0.6 is 0 Å². The first-order chi connectivity index (χ1) is 28.8. The number of esters is 2. The molecule has 10 heteroatoms. The zero-order chi connectivity index (χ0) is 43.0. The highest BCUT2D eigenvalue weighted by atomic mass is 16.7. The van der Waals surface area contributed by atoms with E-state index in [0.29, 0.717) is 19.3 Å². The van der Waals surface area contributed by atoms with Gasteiger partial charge in [-0.05, 0) is 83.5 Å². The fraction of sp³-hybridized carbons (Fsp3) is 0.633. The first-order valence-corrected chi connectivity index (χ1v) is 22.3. The van der Waals surface area contributed by atoms with Crippen molar-refractivity contribution >= 4 is 11.9 Å². The van der Waals surface area contributed by atoms with Gasteiger partial charge in [-0.25, -0.2) is 0 Å². The van der Waals surface area contributed by atoms with Crippen molar-refractivity contribution in [2.45, 2.75) is 179 Å². The molecule has 6 atom stereocenters. The molecule has 1 rings (SSSR count). The van der Waals surface area contributed by atoms with Crippen LogP contribution < -0.4 is 0 Å². The number of carbonyl (C=O) groups excluding carboxylic acids is 2. The Labute approximate surface area is 356 Å². The Bertz CT molecular complexity index is 1280. The van der Waals surface area contributed by atoms with Gasteiger partial charge in [0, 0.05) is 12.8 Å². The lowest BCUT2D eigenvalue weighted by Gasteiger charge is -2.39. The smallest absolute Gasteiger partial charge is 0.306 e. The third-order valence-corrected chi connectivity index (χ3v) is 9.45. The number of allylic oxidation sites excluding steroid dienone is 16. The van der Waals surface area contributed by atoms with Gasteiger partial charge in [0.2, 0.25) is 0 Å². The highest BCUT2D eigenvalue weighted by Gasteiger charge is 2.44. The fourth-order valence-corrected chi connectivity index (χ4v) is 5.94. The summed E-state index contributed by atoms with van der Waals surface area (Å²) in [5.74, 6) is -0.947. The Morgan fingerprint density at radius 1 is 0.542 bits per heavy atom. The molecule has 0 spiro atoms. The zero-order valence-electron chi connectivity index (χ0n) is 36.2. The molecule has 4 N–H and O–H groups in total. The van der Waals surface area contributed by atoms with E-state index in [2.05, 4.69) is 98.9 Å². The minimum atomic E-state index is -1.62. The van der Waals surface area contributed by atoms with Crippen molar-refractivity contribution < 1.29 is 49.0 Å². The van der Waals surface area contributed by atoms with Crippen molar-refractivity contribution in [3.05, 3.63) is 97.2 Å². The summed E-state index contributed by atoms with van der Waals surface area (Å²) in [6.07, 6.45) is 44.2. The van der Waals surface area contributed by atoms with Gasteiger partial charge in [-0.15, -0.1) is 0 Å². The molecule has 0 aromatic rings. The van der Waals surface area contributed by atoms with E-state index in [9.17, 15) is 30.0 Å². The van der Waals surface area contributed by atoms with Gasteiger partial charge in [0.05, 0.1) is 13.2 Å². The SMILES string of the molecule is CC/C=C/C/C=C/C/C=C/C/C=C/C/C=C/CCCC(=O)O[C@@H](COC(=O)CCC/C=C/C/C=C/C/C=C/CCCCCCCC)CO[C@H]1O[C@@H](CO)[C@@H](O)C(O)C1O. The summed E-state index contributed by atoms with van der Waals surface area (Å²) in [5.41, 5.74) is 0. The fourth-order valence-electron chi connectivity index (χ4n) is 5.94. The molecular weight excluding hydrogens is 749 g/mol. The zero-order valence-corrected chi connectivity index (χ0v) is 36.2. The molecule has 59 heavy (non-hydrogen) atoms. The summed E-state index contributed by atoms with van der Waals surface area (Å²) in [7, 11) is 0. The molecule has 0 aliphatic carbocycles. The third-order valence-electron chi connectivity index (χ3n) is 9.45. The van der Waals surface area contributed by atoms with Gasteiger partial charge >= 0.3 is 11.9 Å². The van der Waals surface area contributed by atoms with Crippen LogP contribution in [0.1, 0.15) is 142 Å². The highest BCUT2D eigenvalue weighted by molar-refractivity contribution is 5.70. The highest BCUT2D eigenvalue weighted by Crippen LogP contribution is 2.22. The van der Waals surface area contributed by atoms with Crippen LogP contribution in [0.3, 0.4) is 0 Å². The predicted octanol–water partition coefficient (Wildman–Crippen LogP) is 9.55. The van der Waals surface area contributed by atoms with Crippen molar-refractivity contribution in [3.63, 3.8) is 0 Å². The molecule has 1 saturated heterocycles. The lowest BCUT2D eigenvalue weighted by atomic mass is 9.99. The summed E-state index contributed by atoms with van der Waals surface area (Å²) in [6.45, 7) is 3.17. The van der Waals surface area contributed by atoms with E-state index in [1.165, 1.54) is 38.5 Å². The first kappa shape index (κ1) is 53.6. The molecule has 10 nitrogen and oxygen atoms in total. The van der Waals surface area contributed by atoms with E-state index < -0.39 is 55.4 Å². The number of hydrogen-bond acceptors (Lipinski definition) is 10. The van der Waals surface area contributed by atoms with Gasteiger partial charge in [0.25, 0.3) is 0 Å². The number of aliphatic hydroxyl groups is 4. The topological polar surface area (TPSA) is 152 Å². The second kappa shape index (κ2) is 38.8. The van der Waals surface area contributed by atoms with Crippen LogP contribution in [-0.4, -0.2) is 89.0 Å². The van der Waals surface area contributed by atoms with E-state index in [0.717, 1.165) is 57.8 Å². The summed E-state index contributed by atoms with van der Waals surface area (Å²) in [4.78, 5) is 25.3. The van der Waals surface area contributed by atoms with Crippen LogP contribution in [-0.2, 0) is 28.5 Å². The van der Waals surface area contributed by atoms with Crippen LogP contribution in [0.2, 0.25) is 0 Å². The largest absolute Gasteiger partial charge is 0.462 e. The van der Waals surface area contributed by atoms with Crippen LogP contribution in [0, 0.1) is 0 Å². The summed E-state index contributed by atoms with van der Waals surface area (Å²) in [6, 6.07) is 0. The van der Waals surface area contributed by atoms with Gasteiger partial charge in [-0.2, -0.15) is 0 Å². The number of unbranched alkanes of at least 4 members (excludes halogenated alkanes) is 8. The number of aliphatic hydroxyl groups excluding tert-OH is 4. The maximum atomic E-state index is 12.7. The average Bonchev–Trinajstić information content (AvgIpc) is 3.23. The Hall–Kier alpha value is -3.38. The Balaban J connectivity index is 2.43. The van der Waals surface area contributed by atoms with Gasteiger partial charge < -0.3 is 39.4 Å². The van der Waals surface area contributed by atoms with Gasteiger partial charge in [-0.3, -0.25) is 9.59 Å². The van der Waals surface area contributed by atoms with E-state index in [1.807, 2.05) is 12.2 Å². The van der Waals surface area contributed by atoms with E-state index >= 15 is 0 Å². The lowest BCUT2D eigenvalue weighted by molar-refractivity contribution is -0.305. The molecule has 0 saturated carbocycles. The number of hydrogen-bond donors (Lipinski definition) is 4. The molecule has 0 aromatic carbocycles. The molecule has 1 fully saturated rings. The normalized spacial score (nSPS) is 20.9. The quantitative estimate of drug-likeness (QED) is 0.0276. The minimum Gasteiger partial charge on any atom is -0.462 e. The number of carbonyl (C=O) groups is 2.